The number of carbonyl (C=O) groups excluding carboxylic acids is 1. The second kappa shape index (κ2) is 8.64. The topological polar surface area (TPSA) is 88.2 Å². The lowest BCUT2D eigenvalue weighted by Crippen LogP contribution is -2.26. The van der Waals surface area contributed by atoms with Gasteiger partial charge in [0.25, 0.3) is 5.91 Å². The van der Waals surface area contributed by atoms with E-state index in [0.717, 1.165) is 23.3 Å². The number of aromatic nitrogens is 1. The molecule has 0 saturated heterocycles. The Morgan fingerprint density at radius 3 is 2.73 bits per heavy atom. The summed E-state index contributed by atoms with van der Waals surface area (Å²) in [4.78, 5) is 17.8. The molecule has 0 atom stereocenters. The van der Waals surface area contributed by atoms with Crippen molar-refractivity contribution in [2.24, 2.45) is 0 Å². The Bertz CT molecular complexity index is 1210. The SMILES string of the molecule is O=C(Nc1ncc(Cc2cc(Cl)ccc2Cl)s1)c1cccc(S(=O)(=O)NC2CC2)c1. The summed E-state index contributed by atoms with van der Waals surface area (Å²) in [5.41, 5.74) is 1.11. The molecular formula is C20H17Cl2N3O3S2. The zero-order chi connectivity index (χ0) is 21.3. The van der Waals surface area contributed by atoms with Gasteiger partial charge in [-0.3, -0.25) is 10.1 Å². The zero-order valence-corrected chi connectivity index (χ0v) is 18.7. The van der Waals surface area contributed by atoms with Crippen LogP contribution in [-0.4, -0.2) is 25.4 Å². The summed E-state index contributed by atoms with van der Waals surface area (Å²) in [5, 5.41) is 4.33. The van der Waals surface area contributed by atoms with Gasteiger partial charge in [-0.15, -0.1) is 11.3 Å². The maximum Gasteiger partial charge on any atom is 0.257 e. The zero-order valence-electron chi connectivity index (χ0n) is 15.6. The van der Waals surface area contributed by atoms with Crippen molar-refractivity contribution >= 4 is 55.6 Å². The maximum atomic E-state index is 12.6. The lowest BCUT2D eigenvalue weighted by atomic mass is 10.1. The molecule has 1 aromatic heterocycles. The molecule has 156 valence electrons. The van der Waals surface area contributed by atoms with E-state index in [-0.39, 0.29) is 16.5 Å². The van der Waals surface area contributed by atoms with Gasteiger partial charge in [-0.05, 0) is 54.8 Å². The monoisotopic (exact) mass is 481 g/mol. The molecule has 1 saturated carbocycles. The molecule has 1 amide bonds. The number of hydrogen-bond acceptors (Lipinski definition) is 5. The number of carbonyl (C=O) groups is 1. The minimum Gasteiger partial charge on any atom is -0.298 e. The summed E-state index contributed by atoms with van der Waals surface area (Å²) in [5.74, 6) is -0.430. The second-order valence-electron chi connectivity index (χ2n) is 6.92. The Morgan fingerprint density at radius 2 is 1.97 bits per heavy atom. The first-order valence-electron chi connectivity index (χ1n) is 9.12. The molecule has 0 unspecified atom stereocenters. The van der Waals surface area contributed by atoms with Crippen LogP contribution < -0.4 is 10.0 Å². The molecule has 3 aromatic rings. The molecule has 0 radical (unpaired) electrons. The van der Waals surface area contributed by atoms with Crippen molar-refractivity contribution < 1.29 is 13.2 Å². The Hall–Kier alpha value is -1.97. The third-order valence-electron chi connectivity index (χ3n) is 4.45. The van der Waals surface area contributed by atoms with Gasteiger partial charge in [-0.1, -0.05) is 29.3 Å². The Balaban J connectivity index is 1.46. The Kier molecular flexibility index (Phi) is 6.13. The Morgan fingerprint density at radius 1 is 1.17 bits per heavy atom. The smallest absolute Gasteiger partial charge is 0.257 e. The second-order valence-corrected chi connectivity index (χ2v) is 10.6. The molecule has 2 N–H and O–H groups in total. The van der Waals surface area contributed by atoms with E-state index < -0.39 is 15.9 Å². The van der Waals surface area contributed by atoms with Crippen LogP contribution in [0.5, 0.6) is 0 Å². The molecule has 1 aliphatic rings. The predicted molar refractivity (Wildman–Crippen MR) is 119 cm³/mol. The lowest BCUT2D eigenvalue weighted by Gasteiger charge is -2.07. The summed E-state index contributed by atoms with van der Waals surface area (Å²) < 4.78 is 27.3. The molecule has 4 rings (SSSR count). The van der Waals surface area contributed by atoms with Crippen LogP contribution in [0.2, 0.25) is 10.0 Å². The lowest BCUT2D eigenvalue weighted by molar-refractivity contribution is 0.102. The summed E-state index contributed by atoms with van der Waals surface area (Å²) in [6, 6.07) is 11.2. The first-order chi connectivity index (χ1) is 14.3. The van der Waals surface area contributed by atoms with Crippen molar-refractivity contribution in [2.75, 3.05) is 5.32 Å². The van der Waals surface area contributed by atoms with Crippen molar-refractivity contribution in [3.8, 4) is 0 Å². The highest BCUT2D eigenvalue weighted by Crippen LogP contribution is 2.27. The van der Waals surface area contributed by atoms with Gasteiger partial charge in [0.1, 0.15) is 0 Å². The first kappa shape index (κ1) is 21.3. The fraction of sp³-hybridized carbons (Fsp3) is 0.200. The molecule has 1 fully saturated rings. The molecule has 6 nitrogen and oxygen atoms in total. The third-order valence-corrected chi connectivity index (χ3v) is 7.49. The predicted octanol–water partition coefficient (Wildman–Crippen LogP) is 4.73. The first-order valence-corrected chi connectivity index (χ1v) is 12.2. The van der Waals surface area contributed by atoms with E-state index in [1.165, 1.54) is 23.5 Å². The summed E-state index contributed by atoms with van der Waals surface area (Å²) in [7, 11) is -3.63. The quantitative estimate of drug-likeness (QED) is 0.510. The maximum absolute atomic E-state index is 12.6. The van der Waals surface area contributed by atoms with Crippen LogP contribution in [0, 0.1) is 0 Å². The van der Waals surface area contributed by atoms with Gasteiger partial charge in [0.05, 0.1) is 4.90 Å². The number of sulfonamides is 1. The van der Waals surface area contributed by atoms with Crippen molar-refractivity contribution in [1.29, 1.82) is 0 Å². The molecule has 0 spiro atoms. The van der Waals surface area contributed by atoms with Crippen LogP contribution in [0.3, 0.4) is 0 Å². The number of amides is 1. The summed E-state index contributed by atoms with van der Waals surface area (Å²) in [6.45, 7) is 0. The van der Waals surface area contributed by atoms with Crippen LogP contribution in [-0.2, 0) is 16.4 Å². The van der Waals surface area contributed by atoms with Crippen LogP contribution in [0.4, 0.5) is 5.13 Å². The molecule has 0 bridgehead atoms. The van der Waals surface area contributed by atoms with Crippen LogP contribution in [0.1, 0.15) is 33.6 Å². The van der Waals surface area contributed by atoms with Gasteiger partial charge in [0, 0.05) is 39.1 Å². The highest BCUT2D eigenvalue weighted by atomic mass is 35.5. The van der Waals surface area contributed by atoms with E-state index in [2.05, 4.69) is 15.0 Å². The normalized spacial score (nSPS) is 13.9. The minimum atomic E-state index is -3.63. The van der Waals surface area contributed by atoms with E-state index in [0.29, 0.717) is 21.6 Å². The molecule has 30 heavy (non-hydrogen) atoms. The van der Waals surface area contributed by atoms with E-state index in [1.807, 2.05) is 0 Å². The molecular weight excluding hydrogens is 465 g/mol. The number of anilines is 1. The van der Waals surface area contributed by atoms with Gasteiger partial charge in [0.15, 0.2) is 5.13 Å². The fourth-order valence-corrected chi connectivity index (χ4v) is 5.34. The van der Waals surface area contributed by atoms with Crippen LogP contribution >= 0.6 is 34.5 Å². The number of hydrogen-bond donors (Lipinski definition) is 2. The molecule has 1 heterocycles. The van der Waals surface area contributed by atoms with Crippen molar-refractivity contribution in [1.82, 2.24) is 9.71 Å². The number of halogens is 2. The largest absolute Gasteiger partial charge is 0.298 e. The van der Waals surface area contributed by atoms with Gasteiger partial charge in [-0.2, -0.15) is 0 Å². The van der Waals surface area contributed by atoms with Gasteiger partial charge < -0.3 is 0 Å². The molecule has 1 aliphatic carbocycles. The van der Waals surface area contributed by atoms with E-state index >= 15 is 0 Å². The molecule has 0 aliphatic heterocycles. The third kappa shape index (κ3) is 5.19. The van der Waals surface area contributed by atoms with Gasteiger partial charge in [-0.25, -0.2) is 18.1 Å². The van der Waals surface area contributed by atoms with Crippen LogP contribution in [0.25, 0.3) is 0 Å². The van der Waals surface area contributed by atoms with Gasteiger partial charge >= 0.3 is 0 Å². The summed E-state index contributed by atoms with van der Waals surface area (Å²) in [6.07, 6.45) is 3.88. The standard InChI is InChI=1S/C20H17Cl2N3O3S2/c21-14-4-7-18(22)13(8-14)9-16-11-23-20(29-16)24-19(26)12-2-1-3-17(10-12)30(27,28)25-15-5-6-15/h1-4,7-8,10-11,15,25H,5-6,9H2,(H,23,24,26). The molecule has 10 heteroatoms. The number of nitrogens with zero attached hydrogens (tertiary/aromatic N) is 1. The number of benzene rings is 2. The van der Waals surface area contributed by atoms with E-state index in [4.69, 9.17) is 23.2 Å². The van der Waals surface area contributed by atoms with Crippen molar-refractivity contribution in [3.63, 3.8) is 0 Å². The highest BCUT2D eigenvalue weighted by Gasteiger charge is 2.28. The Labute approximate surface area is 188 Å². The number of thiazole rings is 1. The average Bonchev–Trinajstić information content (AvgIpc) is 3.41. The minimum absolute atomic E-state index is 0.00535. The number of rotatable bonds is 7. The highest BCUT2D eigenvalue weighted by molar-refractivity contribution is 7.89. The van der Waals surface area contributed by atoms with Crippen molar-refractivity contribution in [2.45, 2.75) is 30.2 Å². The van der Waals surface area contributed by atoms with E-state index in [1.54, 1.807) is 36.5 Å². The fourth-order valence-electron chi connectivity index (χ4n) is 2.78. The molecule has 2 aromatic carbocycles. The number of nitrogens with one attached hydrogen (secondary N) is 2. The average molecular weight is 482 g/mol. The van der Waals surface area contributed by atoms with Crippen LogP contribution in [0.15, 0.2) is 53.6 Å². The van der Waals surface area contributed by atoms with E-state index in [9.17, 15) is 13.2 Å². The summed E-state index contributed by atoms with van der Waals surface area (Å²) >= 11 is 13.5. The van der Waals surface area contributed by atoms with Gasteiger partial charge in [0.2, 0.25) is 10.0 Å². The van der Waals surface area contributed by atoms with Crippen molar-refractivity contribution in [3.05, 3.63) is 74.7 Å².